The number of aliphatic hydroxyl groups is 1. The molecular weight excluding hydrogens is 406 g/mol. The molecule has 0 saturated heterocycles. The molecule has 29 heavy (non-hydrogen) atoms. The van der Waals surface area contributed by atoms with Crippen molar-refractivity contribution in [2.75, 3.05) is 0 Å². The number of hydrogen-bond donors (Lipinski definition) is 2. The fourth-order valence-electron chi connectivity index (χ4n) is 4.09. The minimum atomic E-state index is -0.871. The van der Waals surface area contributed by atoms with Crippen LogP contribution in [0.4, 0.5) is 0 Å². The predicted octanol–water partition coefficient (Wildman–Crippen LogP) is 5.43. The van der Waals surface area contributed by atoms with Crippen LogP contribution in [0.2, 0.25) is 0 Å². The van der Waals surface area contributed by atoms with Crippen LogP contribution in [0.15, 0.2) is 36.5 Å². The smallest absolute Gasteiger partial charge is 0.345 e. The molecule has 0 aliphatic heterocycles. The fraction of sp³-hybridized carbons (Fsp3) is 0.478. The maximum absolute atomic E-state index is 11.0. The van der Waals surface area contributed by atoms with Crippen molar-refractivity contribution in [3.05, 3.63) is 57.6 Å². The highest BCUT2D eigenvalue weighted by Gasteiger charge is 2.39. The molecule has 3 rings (SSSR count). The number of aromatic nitrogens is 1. The van der Waals surface area contributed by atoms with E-state index in [0.717, 1.165) is 48.2 Å². The molecule has 1 fully saturated rings. The summed E-state index contributed by atoms with van der Waals surface area (Å²) in [6.07, 6.45) is 10.9. The second kappa shape index (κ2) is 10.4. The first kappa shape index (κ1) is 22.0. The monoisotopic (exact) mass is 433 g/mol. The summed E-state index contributed by atoms with van der Waals surface area (Å²) >= 11 is 7.90. The van der Waals surface area contributed by atoms with Crippen molar-refractivity contribution in [3.8, 4) is 0 Å². The summed E-state index contributed by atoms with van der Waals surface area (Å²) in [4.78, 5) is 16.9. The van der Waals surface area contributed by atoms with E-state index in [4.69, 9.17) is 16.7 Å². The van der Waals surface area contributed by atoms with E-state index in [1.165, 1.54) is 11.3 Å². The zero-order valence-electron chi connectivity index (χ0n) is 16.6. The number of aliphatic hydroxyl groups excluding tert-OH is 1. The van der Waals surface area contributed by atoms with Crippen LogP contribution >= 0.6 is 22.9 Å². The number of carboxylic acid groups (broad SMARTS) is 1. The predicted molar refractivity (Wildman–Crippen MR) is 119 cm³/mol. The minimum Gasteiger partial charge on any atom is -0.477 e. The summed E-state index contributed by atoms with van der Waals surface area (Å²) < 4.78 is 0. The SMILES string of the molecule is CCCc1cc(C=C[C@H]2[C@@H](CCCc3ccc(C(=O)O)s3)[C@@H](Cl)C[C@H]2O)ccn1. The van der Waals surface area contributed by atoms with Crippen LogP contribution < -0.4 is 0 Å². The normalized spacial score (nSPS) is 24.4. The van der Waals surface area contributed by atoms with Gasteiger partial charge in [0, 0.05) is 28.1 Å². The molecule has 0 aromatic carbocycles. The number of halogens is 1. The van der Waals surface area contributed by atoms with Gasteiger partial charge in [-0.1, -0.05) is 25.5 Å². The first-order valence-corrected chi connectivity index (χ1v) is 11.5. The molecule has 0 spiro atoms. The molecule has 0 unspecified atom stereocenters. The third kappa shape index (κ3) is 5.91. The Bertz CT molecular complexity index is 850. The Kier molecular flexibility index (Phi) is 7.87. The van der Waals surface area contributed by atoms with Crippen LogP contribution in [0.25, 0.3) is 6.08 Å². The highest BCUT2D eigenvalue weighted by Crippen LogP contribution is 2.40. The minimum absolute atomic E-state index is 0.0364. The Labute approximate surface area is 181 Å². The maximum atomic E-state index is 11.0. The van der Waals surface area contributed by atoms with E-state index in [0.29, 0.717) is 11.3 Å². The van der Waals surface area contributed by atoms with Gasteiger partial charge in [0.15, 0.2) is 0 Å². The highest BCUT2D eigenvalue weighted by atomic mass is 35.5. The average Bonchev–Trinajstić information content (AvgIpc) is 3.26. The van der Waals surface area contributed by atoms with Gasteiger partial charge in [0.05, 0.1) is 6.10 Å². The Hall–Kier alpha value is -1.69. The molecule has 2 heterocycles. The topological polar surface area (TPSA) is 70.4 Å². The largest absolute Gasteiger partial charge is 0.477 e. The average molecular weight is 434 g/mol. The molecule has 4 nitrogen and oxygen atoms in total. The van der Waals surface area contributed by atoms with Crippen molar-refractivity contribution in [1.82, 2.24) is 4.98 Å². The first-order valence-electron chi connectivity index (χ1n) is 10.2. The van der Waals surface area contributed by atoms with Crippen LogP contribution in [0.3, 0.4) is 0 Å². The lowest BCUT2D eigenvalue weighted by Gasteiger charge is -2.20. The van der Waals surface area contributed by atoms with E-state index in [9.17, 15) is 9.90 Å². The molecule has 156 valence electrons. The zero-order valence-corrected chi connectivity index (χ0v) is 18.2. The molecule has 0 radical (unpaired) electrons. The summed E-state index contributed by atoms with van der Waals surface area (Å²) in [5, 5.41) is 19.5. The lowest BCUT2D eigenvalue weighted by Crippen LogP contribution is -2.18. The molecule has 2 aromatic heterocycles. The number of aromatic carboxylic acids is 1. The van der Waals surface area contributed by atoms with Gasteiger partial charge in [-0.15, -0.1) is 22.9 Å². The summed E-state index contributed by atoms with van der Waals surface area (Å²) in [7, 11) is 0. The molecular formula is C23H28ClNO3S. The zero-order chi connectivity index (χ0) is 20.8. The van der Waals surface area contributed by atoms with Gasteiger partial charge in [0.25, 0.3) is 0 Å². The van der Waals surface area contributed by atoms with Gasteiger partial charge in [-0.3, -0.25) is 4.98 Å². The van der Waals surface area contributed by atoms with E-state index < -0.39 is 12.1 Å². The molecule has 0 bridgehead atoms. The van der Waals surface area contributed by atoms with Crippen molar-refractivity contribution in [2.24, 2.45) is 11.8 Å². The second-order valence-electron chi connectivity index (χ2n) is 7.71. The number of alkyl halides is 1. The number of carboxylic acids is 1. The summed E-state index contributed by atoms with van der Waals surface area (Å²) in [5.41, 5.74) is 2.19. The van der Waals surface area contributed by atoms with Crippen LogP contribution in [0, 0.1) is 11.8 Å². The van der Waals surface area contributed by atoms with Gasteiger partial charge in [-0.05, 0) is 67.9 Å². The first-order chi connectivity index (χ1) is 14.0. The Balaban J connectivity index is 1.60. The third-order valence-electron chi connectivity index (χ3n) is 5.56. The van der Waals surface area contributed by atoms with Crippen LogP contribution in [-0.4, -0.2) is 32.6 Å². The lowest BCUT2D eigenvalue weighted by atomic mass is 9.89. The van der Waals surface area contributed by atoms with Crippen molar-refractivity contribution in [3.63, 3.8) is 0 Å². The number of nitrogens with zero attached hydrogens (tertiary/aromatic N) is 1. The van der Waals surface area contributed by atoms with Gasteiger partial charge in [0.2, 0.25) is 0 Å². The molecule has 1 saturated carbocycles. The molecule has 1 aliphatic carbocycles. The van der Waals surface area contributed by atoms with E-state index in [1.54, 1.807) is 6.07 Å². The summed E-state index contributed by atoms with van der Waals surface area (Å²) in [6, 6.07) is 7.65. The highest BCUT2D eigenvalue weighted by molar-refractivity contribution is 7.13. The summed E-state index contributed by atoms with van der Waals surface area (Å²) in [5.74, 6) is -0.610. The van der Waals surface area contributed by atoms with Crippen molar-refractivity contribution >= 4 is 35.0 Å². The van der Waals surface area contributed by atoms with Gasteiger partial charge in [-0.25, -0.2) is 4.79 Å². The number of carbonyl (C=O) groups is 1. The molecule has 0 amide bonds. The van der Waals surface area contributed by atoms with Crippen molar-refractivity contribution in [2.45, 2.75) is 56.9 Å². The Morgan fingerprint density at radius 1 is 1.34 bits per heavy atom. The lowest BCUT2D eigenvalue weighted by molar-refractivity contribution is 0.0702. The van der Waals surface area contributed by atoms with Gasteiger partial charge in [0.1, 0.15) is 4.88 Å². The number of aryl methyl sites for hydroxylation is 2. The quantitative estimate of drug-likeness (QED) is 0.517. The van der Waals surface area contributed by atoms with Gasteiger partial charge >= 0.3 is 5.97 Å². The van der Waals surface area contributed by atoms with E-state index in [1.807, 2.05) is 18.3 Å². The number of hydrogen-bond acceptors (Lipinski definition) is 4. The van der Waals surface area contributed by atoms with E-state index in [-0.39, 0.29) is 17.2 Å². The Morgan fingerprint density at radius 3 is 2.90 bits per heavy atom. The van der Waals surface area contributed by atoms with Crippen molar-refractivity contribution < 1.29 is 15.0 Å². The molecule has 2 N–H and O–H groups in total. The number of thiophene rings is 1. The second-order valence-corrected chi connectivity index (χ2v) is 9.44. The van der Waals surface area contributed by atoms with E-state index in [2.05, 4.69) is 30.1 Å². The van der Waals surface area contributed by atoms with E-state index >= 15 is 0 Å². The molecule has 1 aliphatic rings. The Morgan fingerprint density at radius 2 is 2.17 bits per heavy atom. The van der Waals surface area contributed by atoms with Crippen LogP contribution in [0.1, 0.15) is 58.4 Å². The molecule has 4 atom stereocenters. The third-order valence-corrected chi connectivity index (χ3v) is 7.20. The van der Waals surface area contributed by atoms with Gasteiger partial charge in [-0.2, -0.15) is 0 Å². The number of rotatable bonds is 9. The number of pyridine rings is 1. The van der Waals surface area contributed by atoms with Crippen molar-refractivity contribution in [1.29, 1.82) is 0 Å². The van der Waals surface area contributed by atoms with Gasteiger partial charge < -0.3 is 10.2 Å². The molecule has 2 aromatic rings. The molecule has 6 heteroatoms. The standard InChI is InChI=1S/C23H28ClNO3S/c1-2-4-16-13-15(11-12-25-16)7-9-19-18(20(24)14-21(19)26)6-3-5-17-8-10-22(29-17)23(27)28/h7-13,18-21,26H,2-6,14H2,1H3,(H,27,28)/t18-,19+,20+,21-/m1/s1. The fourth-order valence-corrected chi connectivity index (χ4v) is 5.45. The maximum Gasteiger partial charge on any atom is 0.345 e. The summed E-state index contributed by atoms with van der Waals surface area (Å²) in [6.45, 7) is 2.14. The van der Waals surface area contributed by atoms with Crippen LogP contribution in [-0.2, 0) is 12.8 Å². The van der Waals surface area contributed by atoms with Crippen LogP contribution in [0.5, 0.6) is 0 Å².